The van der Waals surface area contributed by atoms with Gasteiger partial charge < -0.3 is 29.3 Å². The van der Waals surface area contributed by atoms with Crippen molar-refractivity contribution in [2.24, 2.45) is 22.9 Å². The van der Waals surface area contributed by atoms with Crippen molar-refractivity contribution in [3.63, 3.8) is 0 Å². The molecule has 0 radical (unpaired) electrons. The third-order valence-electron chi connectivity index (χ3n) is 14.1. The van der Waals surface area contributed by atoms with Crippen molar-refractivity contribution in [3.8, 4) is 28.4 Å². The van der Waals surface area contributed by atoms with Gasteiger partial charge in [-0.1, -0.05) is 128 Å². The number of unbranched alkanes of at least 4 members (excludes halogenated alkanes) is 2. The lowest BCUT2D eigenvalue weighted by atomic mass is 9.55. The molecule has 6 aromatic rings. The molecular formula is C58H63N3O8S. The Hall–Kier alpha value is -6.15. The Labute approximate surface area is 412 Å². The van der Waals surface area contributed by atoms with Gasteiger partial charge >= 0.3 is 0 Å². The summed E-state index contributed by atoms with van der Waals surface area (Å²) < 4.78 is 54.2. The second-order valence-electron chi connectivity index (χ2n) is 18.5. The molecule has 1 saturated carbocycles. The van der Waals surface area contributed by atoms with E-state index in [1.54, 1.807) is 34.8 Å². The fourth-order valence-electron chi connectivity index (χ4n) is 11.0. The zero-order valence-corrected chi connectivity index (χ0v) is 40.6. The summed E-state index contributed by atoms with van der Waals surface area (Å²) in [5.74, 6) is -0.595. The van der Waals surface area contributed by atoms with Crippen molar-refractivity contribution in [1.82, 2.24) is 9.29 Å². The molecule has 9 rings (SSSR count). The number of sulfonamides is 1. The molecule has 0 amide bonds. The van der Waals surface area contributed by atoms with Crippen molar-refractivity contribution in [2.45, 2.75) is 87.5 Å². The van der Waals surface area contributed by atoms with Crippen LogP contribution in [-0.4, -0.2) is 71.8 Å². The van der Waals surface area contributed by atoms with E-state index in [0.717, 1.165) is 53.5 Å². The number of aromatic nitrogens is 1. The van der Waals surface area contributed by atoms with E-state index in [1.165, 1.54) is 0 Å². The fourth-order valence-corrected chi connectivity index (χ4v) is 12.9. The van der Waals surface area contributed by atoms with Gasteiger partial charge in [-0.2, -0.15) is 4.31 Å². The predicted molar refractivity (Wildman–Crippen MR) is 274 cm³/mol. The average molecular weight is 962 g/mol. The van der Waals surface area contributed by atoms with Gasteiger partial charge in [0.05, 0.1) is 29.8 Å². The number of oxime groups is 1. The molecular weight excluding hydrogens is 899 g/mol. The molecule has 12 heteroatoms. The highest BCUT2D eigenvalue weighted by Gasteiger charge is 2.66. The van der Waals surface area contributed by atoms with E-state index >= 15 is 8.42 Å². The van der Waals surface area contributed by atoms with Gasteiger partial charge in [0, 0.05) is 49.2 Å². The van der Waals surface area contributed by atoms with Crippen LogP contribution < -0.4 is 9.47 Å². The summed E-state index contributed by atoms with van der Waals surface area (Å²) in [5, 5.41) is 25.8. The number of aliphatic hydroxyl groups excluding tert-OH is 2. The van der Waals surface area contributed by atoms with Crippen LogP contribution in [0.15, 0.2) is 174 Å². The lowest BCUT2D eigenvalue weighted by Crippen LogP contribution is -2.70. The third-order valence-corrected chi connectivity index (χ3v) is 16.0. The molecule has 6 unspecified atom stereocenters. The Morgan fingerprint density at radius 1 is 0.843 bits per heavy atom. The number of allylic oxidation sites excluding steroid dienone is 1. The summed E-state index contributed by atoms with van der Waals surface area (Å²) >= 11 is 0. The fraction of sp³-hybridized carbons (Fsp3) is 0.345. The van der Waals surface area contributed by atoms with Gasteiger partial charge in [0.1, 0.15) is 28.8 Å². The number of hydrogen-bond donors (Lipinski definition) is 2. The van der Waals surface area contributed by atoms with Crippen molar-refractivity contribution < 1.29 is 37.7 Å². The second-order valence-corrected chi connectivity index (χ2v) is 20.3. The number of pyridine rings is 1. The maximum atomic E-state index is 15.7. The monoisotopic (exact) mass is 961 g/mol. The van der Waals surface area contributed by atoms with Gasteiger partial charge in [0.2, 0.25) is 15.8 Å². The maximum absolute atomic E-state index is 15.7. The van der Waals surface area contributed by atoms with Crippen LogP contribution in [0.4, 0.5) is 0 Å². The highest BCUT2D eigenvalue weighted by molar-refractivity contribution is 7.89. The molecule has 1 aromatic heterocycles. The number of nitrogens with zero attached hydrogens (tertiary/aromatic N) is 3. The zero-order valence-electron chi connectivity index (χ0n) is 39.8. The third kappa shape index (κ3) is 10.1. The van der Waals surface area contributed by atoms with Gasteiger partial charge in [-0.15, -0.1) is 6.58 Å². The number of aliphatic hydroxyl groups is 2. The van der Waals surface area contributed by atoms with E-state index < -0.39 is 27.8 Å². The van der Waals surface area contributed by atoms with Crippen LogP contribution in [0, 0.1) is 17.8 Å². The Kier molecular flexibility index (Phi) is 15.6. The molecule has 3 aliphatic rings. The Morgan fingerprint density at radius 2 is 1.56 bits per heavy atom. The first kappa shape index (κ1) is 48.9. The molecule has 5 aromatic carbocycles. The SMILES string of the molecule is C=CCOC12Oc3ccc(Oc4ccc(-c5ccccc5)cc4)cc3C3C(CCCCO)C(CCCCO)C=C(C(=NOCc4ccccc4)CC1N(CCC)S(=O)(=O)c1cccc4cccnc14)C32. The van der Waals surface area contributed by atoms with Crippen molar-refractivity contribution in [1.29, 1.82) is 0 Å². The number of fused-ring (bicyclic) bond motifs is 3. The molecule has 11 nitrogen and oxygen atoms in total. The molecule has 70 heavy (non-hydrogen) atoms. The Bertz CT molecular complexity index is 2890. The van der Waals surface area contributed by atoms with Gasteiger partial charge in [-0.05, 0) is 109 Å². The van der Waals surface area contributed by atoms with E-state index in [4.69, 9.17) is 24.2 Å². The topological polar surface area (TPSA) is 140 Å². The number of rotatable bonds is 22. The summed E-state index contributed by atoms with van der Waals surface area (Å²) in [6.07, 6.45) is 10.6. The van der Waals surface area contributed by atoms with Gasteiger partial charge in [-0.25, -0.2) is 8.42 Å². The zero-order chi connectivity index (χ0) is 48.5. The standard InChI is InChI=1S/C58H63N3O8S/c1-3-33-61(70(64,65)53-25-15-22-44-23-16-32-59-57(44)53)54-39-51(60-67-40-41-17-7-5-8-18-41)49-37-45(21-11-13-34-62)48(24-12-14-35-63)55-50-38-47(30-31-52(50)69-58(54,56(49)55)66-36-4-2)68-46-28-26-43(27-29-46)42-19-9-6-10-20-42/h4-10,15-20,22-23,25-32,37-38,45,48,54-56,62-63H,2-3,11-14,21,24,33-36,39-40H2,1H3. The first-order valence-electron chi connectivity index (χ1n) is 24.7. The minimum atomic E-state index is -4.31. The first-order chi connectivity index (χ1) is 34.3. The van der Waals surface area contributed by atoms with E-state index in [-0.39, 0.29) is 62.0 Å². The van der Waals surface area contributed by atoms with Crippen LogP contribution in [0.2, 0.25) is 0 Å². The summed E-state index contributed by atoms with van der Waals surface area (Å²) in [6.45, 7) is 6.63. The largest absolute Gasteiger partial charge is 0.460 e. The maximum Gasteiger partial charge on any atom is 0.245 e. The van der Waals surface area contributed by atoms with E-state index in [9.17, 15) is 10.2 Å². The van der Waals surface area contributed by atoms with E-state index in [2.05, 4.69) is 48.0 Å². The molecule has 364 valence electrons. The van der Waals surface area contributed by atoms with Crippen LogP contribution in [0.1, 0.15) is 75.3 Å². The molecule has 0 bridgehead atoms. The molecule has 1 aliphatic heterocycles. The minimum Gasteiger partial charge on any atom is -0.460 e. The highest BCUT2D eigenvalue weighted by Crippen LogP contribution is 2.62. The van der Waals surface area contributed by atoms with Gasteiger partial charge in [-0.3, -0.25) is 4.98 Å². The molecule has 2 aliphatic carbocycles. The quantitative estimate of drug-likeness (QED) is 0.0386. The normalized spacial score (nSPS) is 22.2. The molecule has 0 saturated heterocycles. The van der Waals surface area contributed by atoms with E-state index in [0.29, 0.717) is 53.1 Å². The molecule has 1 fully saturated rings. The summed E-state index contributed by atoms with van der Waals surface area (Å²) in [5.41, 5.74) is 5.95. The lowest BCUT2D eigenvalue weighted by Gasteiger charge is -2.59. The summed E-state index contributed by atoms with van der Waals surface area (Å²) in [6, 6.07) is 42.0. The summed E-state index contributed by atoms with van der Waals surface area (Å²) in [4.78, 5) is 11.0. The first-order valence-corrected chi connectivity index (χ1v) is 26.2. The van der Waals surface area contributed by atoms with Crippen LogP contribution in [-0.2, 0) is 26.2 Å². The number of ether oxygens (including phenoxy) is 3. The van der Waals surface area contributed by atoms with Crippen LogP contribution in [0.5, 0.6) is 17.2 Å². The van der Waals surface area contributed by atoms with Crippen LogP contribution in [0.25, 0.3) is 22.0 Å². The number of para-hydroxylation sites is 1. The van der Waals surface area contributed by atoms with Crippen LogP contribution in [0.3, 0.4) is 0 Å². The Balaban J connectivity index is 1.24. The minimum absolute atomic E-state index is 0.0162. The molecule has 2 N–H and O–H groups in total. The highest BCUT2D eigenvalue weighted by atomic mass is 32.2. The van der Waals surface area contributed by atoms with Crippen LogP contribution >= 0.6 is 0 Å². The number of hydrogen-bond acceptors (Lipinski definition) is 10. The van der Waals surface area contributed by atoms with Crippen molar-refractivity contribution in [3.05, 3.63) is 175 Å². The van der Waals surface area contributed by atoms with Crippen molar-refractivity contribution >= 4 is 26.6 Å². The number of benzene rings is 5. The van der Waals surface area contributed by atoms with Crippen molar-refractivity contribution in [2.75, 3.05) is 26.4 Å². The predicted octanol–water partition coefficient (Wildman–Crippen LogP) is 11.6. The van der Waals surface area contributed by atoms with E-state index in [1.807, 2.05) is 91.9 Å². The summed E-state index contributed by atoms with van der Waals surface area (Å²) in [7, 11) is -4.31. The second kappa shape index (κ2) is 22.3. The molecule has 2 heterocycles. The van der Waals surface area contributed by atoms with Gasteiger partial charge in [0.25, 0.3) is 0 Å². The Morgan fingerprint density at radius 3 is 2.30 bits per heavy atom. The van der Waals surface area contributed by atoms with Gasteiger partial charge in [0.15, 0.2) is 0 Å². The average Bonchev–Trinajstić information content (AvgIpc) is 3.39. The smallest absolute Gasteiger partial charge is 0.245 e. The molecule has 6 atom stereocenters. The lowest BCUT2D eigenvalue weighted by molar-refractivity contribution is -0.251. The molecule has 0 spiro atoms.